The summed E-state index contributed by atoms with van der Waals surface area (Å²) in [5.74, 6) is 0.661. The van der Waals surface area contributed by atoms with Crippen LogP contribution in [0.1, 0.15) is 13.8 Å². The quantitative estimate of drug-likeness (QED) is 0.395. The van der Waals surface area contributed by atoms with Gasteiger partial charge in [0, 0.05) is 58.1 Å². The molecule has 1 aliphatic heterocycles. The molecule has 0 spiro atoms. The number of hydrogen-bond donors (Lipinski definition) is 2. The molecule has 0 aromatic heterocycles. The molecule has 7 heteroatoms. The highest BCUT2D eigenvalue weighted by Crippen LogP contribution is 2.16. The van der Waals surface area contributed by atoms with E-state index in [1.54, 1.807) is 0 Å². The lowest BCUT2D eigenvalue weighted by Crippen LogP contribution is -2.47. The standard InChI is InChI=1S/C19H32FN5O/c1-3-21-19(23-10-16-26-4-2)22-9-11-24-12-14-25(15-13-24)18-7-5-17(20)6-8-18/h5-8H,3-4,9-16H2,1-2H3,(H2,21,22,23). The van der Waals surface area contributed by atoms with Crippen LogP contribution in [0.2, 0.25) is 0 Å². The van der Waals surface area contributed by atoms with E-state index >= 15 is 0 Å². The van der Waals surface area contributed by atoms with E-state index in [1.165, 1.54) is 12.1 Å². The molecule has 2 N–H and O–H groups in total. The molecular weight excluding hydrogens is 333 g/mol. The minimum atomic E-state index is -0.184. The topological polar surface area (TPSA) is 52.1 Å². The van der Waals surface area contributed by atoms with Crippen LogP contribution in [0.5, 0.6) is 0 Å². The van der Waals surface area contributed by atoms with Gasteiger partial charge in [0.05, 0.1) is 13.2 Å². The van der Waals surface area contributed by atoms with Gasteiger partial charge in [0.2, 0.25) is 0 Å². The Labute approximate surface area is 156 Å². The van der Waals surface area contributed by atoms with E-state index in [9.17, 15) is 4.39 Å². The lowest BCUT2D eigenvalue weighted by Gasteiger charge is -2.35. The van der Waals surface area contributed by atoms with E-state index in [0.717, 1.165) is 70.6 Å². The highest BCUT2D eigenvalue weighted by atomic mass is 19.1. The molecule has 0 radical (unpaired) electrons. The van der Waals surface area contributed by atoms with E-state index in [1.807, 2.05) is 19.1 Å². The number of rotatable bonds is 9. The molecule has 0 unspecified atom stereocenters. The Kier molecular flexibility index (Phi) is 9.20. The fourth-order valence-electron chi connectivity index (χ4n) is 2.91. The van der Waals surface area contributed by atoms with Crippen molar-refractivity contribution in [3.8, 4) is 0 Å². The van der Waals surface area contributed by atoms with E-state index in [0.29, 0.717) is 6.61 Å². The van der Waals surface area contributed by atoms with Gasteiger partial charge in [-0.15, -0.1) is 0 Å². The van der Waals surface area contributed by atoms with Crippen molar-refractivity contribution in [1.29, 1.82) is 0 Å². The van der Waals surface area contributed by atoms with Crippen molar-refractivity contribution in [3.63, 3.8) is 0 Å². The number of nitrogens with zero attached hydrogens (tertiary/aromatic N) is 3. The van der Waals surface area contributed by atoms with Crippen molar-refractivity contribution >= 4 is 11.6 Å². The van der Waals surface area contributed by atoms with Gasteiger partial charge in [0.15, 0.2) is 5.96 Å². The number of hydrogen-bond acceptors (Lipinski definition) is 4. The first kappa shape index (κ1) is 20.5. The zero-order valence-electron chi connectivity index (χ0n) is 16.0. The third-order valence-electron chi connectivity index (χ3n) is 4.34. The molecule has 0 atom stereocenters. The predicted molar refractivity (Wildman–Crippen MR) is 106 cm³/mol. The van der Waals surface area contributed by atoms with Gasteiger partial charge in [-0.25, -0.2) is 4.39 Å². The van der Waals surface area contributed by atoms with Gasteiger partial charge in [-0.2, -0.15) is 0 Å². The number of guanidine groups is 1. The first-order chi connectivity index (χ1) is 12.7. The van der Waals surface area contributed by atoms with Crippen LogP contribution in [0.25, 0.3) is 0 Å². The average molecular weight is 365 g/mol. The Morgan fingerprint density at radius 2 is 1.85 bits per heavy atom. The summed E-state index contributed by atoms with van der Waals surface area (Å²) in [4.78, 5) is 9.36. The van der Waals surface area contributed by atoms with Crippen molar-refractivity contribution in [1.82, 2.24) is 15.5 Å². The van der Waals surface area contributed by atoms with Crippen LogP contribution in [0.3, 0.4) is 0 Å². The SMILES string of the molecule is CCNC(=NCCN1CCN(c2ccc(F)cc2)CC1)NCCOCC. The van der Waals surface area contributed by atoms with Crippen LogP contribution in [0.4, 0.5) is 10.1 Å². The molecule has 1 aromatic carbocycles. The Bertz CT molecular complexity index is 529. The average Bonchev–Trinajstić information content (AvgIpc) is 2.66. The minimum Gasteiger partial charge on any atom is -0.380 e. The lowest BCUT2D eigenvalue weighted by molar-refractivity contribution is 0.152. The second-order valence-electron chi connectivity index (χ2n) is 6.19. The summed E-state index contributed by atoms with van der Waals surface area (Å²) in [6, 6.07) is 6.76. The van der Waals surface area contributed by atoms with E-state index in [4.69, 9.17) is 4.74 Å². The van der Waals surface area contributed by atoms with Crippen molar-refractivity contribution in [2.45, 2.75) is 13.8 Å². The zero-order chi connectivity index (χ0) is 18.6. The maximum absolute atomic E-state index is 13.0. The maximum atomic E-state index is 13.0. The Balaban J connectivity index is 1.69. The molecule has 1 aromatic rings. The second-order valence-corrected chi connectivity index (χ2v) is 6.19. The summed E-state index contributed by atoms with van der Waals surface area (Å²) in [5.41, 5.74) is 1.09. The van der Waals surface area contributed by atoms with Crippen LogP contribution in [0, 0.1) is 5.82 Å². The summed E-state index contributed by atoms with van der Waals surface area (Å²) >= 11 is 0. The minimum absolute atomic E-state index is 0.184. The van der Waals surface area contributed by atoms with Crippen molar-refractivity contribution in [2.24, 2.45) is 4.99 Å². The van der Waals surface area contributed by atoms with Crippen LogP contribution in [0.15, 0.2) is 29.3 Å². The third kappa shape index (κ3) is 7.17. The molecule has 1 heterocycles. The molecule has 146 valence electrons. The molecule has 1 saturated heterocycles. The molecule has 1 aliphatic rings. The largest absolute Gasteiger partial charge is 0.380 e. The normalized spacial score (nSPS) is 16.0. The number of halogens is 1. The molecule has 6 nitrogen and oxygen atoms in total. The Morgan fingerprint density at radius 1 is 1.12 bits per heavy atom. The second kappa shape index (κ2) is 11.7. The fourth-order valence-corrected chi connectivity index (χ4v) is 2.91. The highest BCUT2D eigenvalue weighted by Gasteiger charge is 2.16. The third-order valence-corrected chi connectivity index (χ3v) is 4.34. The smallest absolute Gasteiger partial charge is 0.191 e. The monoisotopic (exact) mass is 365 g/mol. The molecule has 0 saturated carbocycles. The van der Waals surface area contributed by atoms with Gasteiger partial charge in [-0.1, -0.05) is 0 Å². The molecule has 0 aliphatic carbocycles. The number of piperazine rings is 1. The van der Waals surface area contributed by atoms with Crippen LogP contribution >= 0.6 is 0 Å². The van der Waals surface area contributed by atoms with Crippen LogP contribution < -0.4 is 15.5 Å². The Morgan fingerprint density at radius 3 is 2.50 bits per heavy atom. The number of anilines is 1. The van der Waals surface area contributed by atoms with E-state index in [-0.39, 0.29) is 5.82 Å². The lowest BCUT2D eigenvalue weighted by atomic mass is 10.2. The van der Waals surface area contributed by atoms with Gasteiger partial charge >= 0.3 is 0 Å². The maximum Gasteiger partial charge on any atom is 0.191 e. The van der Waals surface area contributed by atoms with Crippen molar-refractivity contribution in [2.75, 3.05) is 70.5 Å². The molecule has 0 amide bonds. The first-order valence-corrected chi connectivity index (χ1v) is 9.55. The van der Waals surface area contributed by atoms with Crippen molar-refractivity contribution < 1.29 is 9.13 Å². The molecule has 2 rings (SSSR count). The summed E-state index contributed by atoms with van der Waals surface area (Å²) in [6.45, 7) is 12.7. The molecule has 26 heavy (non-hydrogen) atoms. The van der Waals surface area contributed by atoms with Crippen LogP contribution in [-0.2, 0) is 4.74 Å². The van der Waals surface area contributed by atoms with Crippen molar-refractivity contribution in [3.05, 3.63) is 30.1 Å². The molecular formula is C19H32FN5O. The summed E-state index contributed by atoms with van der Waals surface area (Å²) in [5, 5.41) is 6.54. The number of aliphatic imine (C=N–C) groups is 1. The summed E-state index contributed by atoms with van der Waals surface area (Å²) < 4.78 is 18.4. The van der Waals surface area contributed by atoms with E-state index in [2.05, 4.69) is 32.3 Å². The molecule has 0 bridgehead atoms. The Hall–Kier alpha value is -1.86. The highest BCUT2D eigenvalue weighted by molar-refractivity contribution is 5.79. The van der Waals surface area contributed by atoms with E-state index < -0.39 is 0 Å². The number of benzene rings is 1. The van der Waals surface area contributed by atoms with Gasteiger partial charge in [0.25, 0.3) is 0 Å². The van der Waals surface area contributed by atoms with Gasteiger partial charge < -0.3 is 20.3 Å². The van der Waals surface area contributed by atoms with Crippen LogP contribution in [-0.4, -0.2) is 76.4 Å². The van der Waals surface area contributed by atoms with Gasteiger partial charge in [-0.3, -0.25) is 9.89 Å². The van der Waals surface area contributed by atoms with Gasteiger partial charge in [-0.05, 0) is 38.1 Å². The molecule has 1 fully saturated rings. The first-order valence-electron chi connectivity index (χ1n) is 9.55. The zero-order valence-corrected chi connectivity index (χ0v) is 16.0. The summed E-state index contributed by atoms with van der Waals surface area (Å²) in [6.07, 6.45) is 0. The summed E-state index contributed by atoms with van der Waals surface area (Å²) in [7, 11) is 0. The fraction of sp³-hybridized carbons (Fsp3) is 0.632. The van der Waals surface area contributed by atoms with Gasteiger partial charge in [0.1, 0.15) is 5.82 Å². The number of ether oxygens (including phenoxy) is 1. The number of nitrogens with one attached hydrogen (secondary N) is 2. The predicted octanol–water partition coefficient (Wildman–Crippen LogP) is 1.54.